The number of nitrogens with one attached hydrogen (secondary N) is 3. The van der Waals surface area contributed by atoms with E-state index in [0.717, 1.165) is 12.1 Å². The maximum atomic E-state index is 12.7. The Morgan fingerprint density at radius 2 is 1.88 bits per heavy atom. The van der Waals surface area contributed by atoms with Gasteiger partial charge in [0.15, 0.2) is 0 Å². The van der Waals surface area contributed by atoms with Gasteiger partial charge in [-0.1, -0.05) is 6.07 Å². The number of benzene rings is 1. The Balaban J connectivity index is 2.03. The fourth-order valence-corrected chi connectivity index (χ4v) is 1.90. The van der Waals surface area contributed by atoms with Crippen LogP contribution in [0.4, 0.5) is 35.2 Å². The van der Waals surface area contributed by atoms with Crippen molar-refractivity contribution in [2.45, 2.75) is 26.1 Å². The van der Waals surface area contributed by atoms with Gasteiger partial charge in [-0.3, -0.25) is 5.32 Å². The van der Waals surface area contributed by atoms with Crippen molar-refractivity contribution in [1.29, 1.82) is 0 Å². The van der Waals surface area contributed by atoms with E-state index in [1.54, 1.807) is 12.1 Å². The Hall–Kier alpha value is -2.77. The molecule has 0 aliphatic rings. The smallest absolute Gasteiger partial charge is 0.354 e. The number of halogens is 3. The minimum atomic E-state index is -4.40. The van der Waals surface area contributed by atoms with Crippen LogP contribution in [0.5, 0.6) is 0 Å². The molecule has 0 saturated heterocycles. The number of anilines is 3. The zero-order chi connectivity index (χ0) is 17.7. The van der Waals surface area contributed by atoms with Crippen molar-refractivity contribution in [1.82, 2.24) is 10.3 Å². The monoisotopic (exact) mass is 338 g/mol. The van der Waals surface area contributed by atoms with E-state index in [1.165, 1.54) is 18.3 Å². The highest BCUT2D eigenvalue weighted by molar-refractivity contribution is 5.88. The fraction of sp³-hybridized carbons (Fsp3) is 0.250. The molecule has 0 aliphatic carbocycles. The number of urea groups is 1. The van der Waals surface area contributed by atoms with Gasteiger partial charge in [0.1, 0.15) is 5.82 Å². The van der Waals surface area contributed by atoms with Crippen LogP contribution in [-0.2, 0) is 6.18 Å². The lowest BCUT2D eigenvalue weighted by Crippen LogP contribution is -2.34. The molecule has 0 fully saturated rings. The lowest BCUT2D eigenvalue weighted by atomic mass is 10.2. The Labute approximate surface area is 137 Å². The molecule has 24 heavy (non-hydrogen) atoms. The van der Waals surface area contributed by atoms with Crippen LogP contribution in [-0.4, -0.2) is 17.1 Å². The largest absolute Gasteiger partial charge is 0.416 e. The average molecular weight is 338 g/mol. The van der Waals surface area contributed by atoms with Crippen LogP contribution < -0.4 is 16.0 Å². The van der Waals surface area contributed by atoms with E-state index >= 15 is 0 Å². The highest BCUT2D eigenvalue weighted by Gasteiger charge is 2.30. The summed E-state index contributed by atoms with van der Waals surface area (Å²) in [5.41, 5.74) is 0.0677. The molecule has 0 atom stereocenters. The molecule has 0 spiro atoms. The Kier molecular flexibility index (Phi) is 5.28. The topological polar surface area (TPSA) is 66.1 Å². The van der Waals surface area contributed by atoms with E-state index < -0.39 is 11.7 Å². The SMILES string of the molecule is CC(C)NC(=O)Nc1ccc(Nc2cccc(C(F)(F)F)c2)cn1. The van der Waals surface area contributed by atoms with Gasteiger partial charge < -0.3 is 10.6 Å². The maximum Gasteiger partial charge on any atom is 0.416 e. The lowest BCUT2D eigenvalue weighted by molar-refractivity contribution is -0.137. The van der Waals surface area contributed by atoms with Gasteiger partial charge in [-0.05, 0) is 44.2 Å². The van der Waals surface area contributed by atoms with E-state index in [9.17, 15) is 18.0 Å². The standard InChI is InChI=1S/C16H17F3N4O/c1-10(2)21-15(24)23-14-7-6-13(9-20-14)22-12-5-3-4-11(8-12)16(17,18)19/h3-10,22H,1-2H3,(H2,20,21,23,24). The number of hydrogen-bond donors (Lipinski definition) is 3. The maximum absolute atomic E-state index is 12.7. The molecule has 1 aromatic carbocycles. The highest BCUT2D eigenvalue weighted by atomic mass is 19.4. The fourth-order valence-electron chi connectivity index (χ4n) is 1.90. The van der Waals surface area contributed by atoms with Crippen molar-refractivity contribution in [2.24, 2.45) is 0 Å². The number of hydrogen-bond acceptors (Lipinski definition) is 3. The normalized spacial score (nSPS) is 11.2. The summed E-state index contributed by atoms with van der Waals surface area (Å²) in [6.45, 7) is 3.66. The first-order valence-electron chi connectivity index (χ1n) is 7.22. The van der Waals surface area contributed by atoms with Gasteiger partial charge in [-0.2, -0.15) is 13.2 Å². The predicted molar refractivity (Wildman–Crippen MR) is 86.3 cm³/mol. The first-order chi connectivity index (χ1) is 11.2. The molecule has 3 N–H and O–H groups in total. The third-order valence-corrected chi connectivity index (χ3v) is 2.90. The highest BCUT2D eigenvalue weighted by Crippen LogP contribution is 2.31. The number of aromatic nitrogens is 1. The first-order valence-corrected chi connectivity index (χ1v) is 7.22. The van der Waals surface area contributed by atoms with Crippen molar-refractivity contribution < 1.29 is 18.0 Å². The van der Waals surface area contributed by atoms with Crippen molar-refractivity contribution in [3.63, 3.8) is 0 Å². The van der Waals surface area contributed by atoms with Gasteiger partial charge >= 0.3 is 12.2 Å². The summed E-state index contributed by atoms with van der Waals surface area (Å²) in [4.78, 5) is 15.6. The molecular formula is C16H17F3N4O. The summed E-state index contributed by atoms with van der Waals surface area (Å²) >= 11 is 0. The number of pyridine rings is 1. The first kappa shape index (κ1) is 17.6. The molecule has 2 aromatic rings. The van der Waals surface area contributed by atoms with Crippen LogP contribution in [0.15, 0.2) is 42.6 Å². The third kappa shape index (κ3) is 5.15. The zero-order valence-corrected chi connectivity index (χ0v) is 13.1. The van der Waals surface area contributed by atoms with E-state index in [1.807, 2.05) is 13.8 Å². The van der Waals surface area contributed by atoms with Gasteiger partial charge in [0.2, 0.25) is 0 Å². The van der Waals surface area contributed by atoms with E-state index in [-0.39, 0.29) is 12.1 Å². The second kappa shape index (κ2) is 7.20. The molecule has 0 radical (unpaired) electrons. The number of carbonyl (C=O) groups is 1. The number of alkyl halides is 3. The molecule has 1 aromatic heterocycles. The van der Waals surface area contributed by atoms with Gasteiger partial charge in [0.25, 0.3) is 0 Å². The van der Waals surface area contributed by atoms with Gasteiger partial charge in [0.05, 0.1) is 17.4 Å². The van der Waals surface area contributed by atoms with Crippen LogP contribution >= 0.6 is 0 Å². The molecule has 0 unspecified atom stereocenters. The van der Waals surface area contributed by atoms with E-state index in [2.05, 4.69) is 20.9 Å². The van der Waals surface area contributed by atoms with Crippen LogP contribution in [0.2, 0.25) is 0 Å². The van der Waals surface area contributed by atoms with Crippen molar-refractivity contribution in [3.05, 3.63) is 48.2 Å². The summed E-state index contributed by atoms with van der Waals surface area (Å²) in [6, 6.07) is 7.64. The molecule has 5 nitrogen and oxygen atoms in total. The van der Waals surface area contributed by atoms with E-state index in [0.29, 0.717) is 17.2 Å². The molecule has 0 aliphatic heterocycles. The Bertz CT molecular complexity index is 699. The third-order valence-electron chi connectivity index (χ3n) is 2.90. The number of amides is 2. The van der Waals surface area contributed by atoms with Crippen LogP contribution in [0, 0.1) is 0 Å². The summed E-state index contributed by atoms with van der Waals surface area (Å²) in [5, 5.41) is 8.05. The predicted octanol–water partition coefficient (Wildman–Crippen LogP) is 4.37. The molecular weight excluding hydrogens is 321 g/mol. The minimum absolute atomic E-state index is 0.00755. The molecule has 1 heterocycles. The summed E-state index contributed by atoms with van der Waals surface area (Å²) in [6.07, 6.45) is -2.97. The van der Waals surface area contributed by atoms with Crippen LogP contribution in [0.1, 0.15) is 19.4 Å². The molecule has 128 valence electrons. The van der Waals surface area contributed by atoms with Crippen LogP contribution in [0.25, 0.3) is 0 Å². The summed E-state index contributed by atoms with van der Waals surface area (Å²) in [5.74, 6) is 0.336. The Morgan fingerprint density at radius 3 is 2.46 bits per heavy atom. The molecule has 8 heteroatoms. The quantitative estimate of drug-likeness (QED) is 0.775. The molecule has 2 rings (SSSR count). The second-order valence-corrected chi connectivity index (χ2v) is 5.39. The summed E-state index contributed by atoms with van der Waals surface area (Å²) in [7, 11) is 0. The van der Waals surface area contributed by atoms with E-state index in [4.69, 9.17) is 0 Å². The van der Waals surface area contributed by atoms with Crippen molar-refractivity contribution in [2.75, 3.05) is 10.6 Å². The number of carbonyl (C=O) groups excluding carboxylic acids is 1. The lowest BCUT2D eigenvalue weighted by Gasteiger charge is -2.12. The second-order valence-electron chi connectivity index (χ2n) is 5.39. The number of rotatable bonds is 4. The van der Waals surface area contributed by atoms with Crippen molar-refractivity contribution >= 4 is 23.2 Å². The van der Waals surface area contributed by atoms with Crippen molar-refractivity contribution in [3.8, 4) is 0 Å². The van der Waals surface area contributed by atoms with Gasteiger partial charge in [0, 0.05) is 11.7 Å². The van der Waals surface area contributed by atoms with Crippen LogP contribution in [0.3, 0.4) is 0 Å². The summed E-state index contributed by atoms with van der Waals surface area (Å²) < 4.78 is 38.1. The number of nitrogens with zero attached hydrogens (tertiary/aromatic N) is 1. The minimum Gasteiger partial charge on any atom is -0.354 e. The van der Waals surface area contributed by atoms with Gasteiger partial charge in [-0.15, -0.1) is 0 Å². The average Bonchev–Trinajstić information content (AvgIpc) is 2.48. The molecule has 0 saturated carbocycles. The zero-order valence-electron chi connectivity index (χ0n) is 13.1. The molecule has 0 bridgehead atoms. The van der Waals surface area contributed by atoms with Gasteiger partial charge in [-0.25, -0.2) is 9.78 Å². The Morgan fingerprint density at radius 1 is 1.12 bits per heavy atom. The molecule has 2 amide bonds.